The van der Waals surface area contributed by atoms with E-state index >= 15 is 0 Å². The number of nitrogens with one attached hydrogen (secondary N) is 1. The topological polar surface area (TPSA) is 75.6 Å². The van der Waals surface area contributed by atoms with Gasteiger partial charge in [0, 0.05) is 5.56 Å². The average Bonchev–Trinajstić information content (AvgIpc) is 2.43. The molecule has 1 amide bonds. The molecule has 0 saturated carbocycles. The fraction of sp³-hybridized carbons (Fsp3) is 0.385. The molecule has 0 aliphatic heterocycles. The van der Waals surface area contributed by atoms with Crippen molar-refractivity contribution in [2.24, 2.45) is 0 Å². The number of hydrogen-bond acceptors (Lipinski definition) is 4. The molecule has 0 unspecified atom stereocenters. The summed E-state index contributed by atoms with van der Waals surface area (Å²) < 4.78 is 28.1. The fourth-order valence-electron chi connectivity index (χ4n) is 1.52. The quantitative estimate of drug-likeness (QED) is 0.768. The molecule has 0 aliphatic carbocycles. The first-order valence-corrected chi connectivity index (χ1v) is 7.41. The number of alkyl halides is 2. The Hall–Kier alpha value is -1.83. The molecule has 1 rings (SSSR count). The van der Waals surface area contributed by atoms with Crippen LogP contribution < -0.4 is 10.1 Å². The third-order valence-corrected chi connectivity index (χ3v) is 3.20. The molecule has 21 heavy (non-hydrogen) atoms. The standard InChI is InChI=1S/C13H15F2NO4S/c1-21-7-6-10(12(18)19)16-11(17)8-2-4-9(5-3-8)20-13(14)15/h2-5,10,13H,6-7H2,1H3,(H,16,17)(H,18,19)/t10-/m1/s1. The molecule has 116 valence electrons. The van der Waals surface area contributed by atoms with Gasteiger partial charge in [-0.3, -0.25) is 4.79 Å². The van der Waals surface area contributed by atoms with Crippen molar-refractivity contribution in [3.8, 4) is 5.75 Å². The molecule has 0 saturated heterocycles. The Labute approximate surface area is 124 Å². The number of ether oxygens (including phenoxy) is 1. The molecule has 5 nitrogen and oxygen atoms in total. The summed E-state index contributed by atoms with van der Waals surface area (Å²) in [6.45, 7) is -2.94. The van der Waals surface area contributed by atoms with Crippen LogP contribution in [0.2, 0.25) is 0 Å². The summed E-state index contributed by atoms with van der Waals surface area (Å²) in [6, 6.07) is 4.04. The summed E-state index contributed by atoms with van der Waals surface area (Å²) in [5.74, 6) is -1.17. The highest BCUT2D eigenvalue weighted by Crippen LogP contribution is 2.15. The number of carbonyl (C=O) groups excluding carboxylic acids is 1. The van der Waals surface area contributed by atoms with Gasteiger partial charge in [-0.1, -0.05) is 0 Å². The number of benzene rings is 1. The van der Waals surface area contributed by atoms with Crippen LogP contribution in [0.5, 0.6) is 5.75 Å². The summed E-state index contributed by atoms with van der Waals surface area (Å²) in [5.41, 5.74) is 0.173. The van der Waals surface area contributed by atoms with Gasteiger partial charge in [0.1, 0.15) is 11.8 Å². The van der Waals surface area contributed by atoms with Crippen molar-refractivity contribution in [1.29, 1.82) is 0 Å². The molecule has 0 aliphatic rings. The van der Waals surface area contributed by atoms with Crippen LogP contribution in [0.15, 0.2) is 24.3 Å². The van der Waals surface area contributed by atoms with Crippen molar-refractivity contribution in [2.75, 3.05) is 12.0 Å². The first kappa shape index (κ1) is 17.2. The molecule has 0 radical (unpaired) electrons. The number of halogens is 2. The van der Waals surface area contributed by atoms with Gasteiger partial charge in [0.25, 0.3) is 5.91 Å². The number of carbonyl (C=O) groups is 2. The third kappa shape index (κ3) is 5.99. The molecule has 0 heterocycles. The van der Waals surface area contributed by atoms with Crippen molar-refractivity contribution in [1.82, 2.24) is 5.32 Å². The molecule has 8 heteroatoms. The third-order valence-electron chi connectivity index (χ3n) is 2.56. The Morgan fingerprint density at radius 1 is 1.33 bits per heavy atom. The van der Waals surface area contributed by atoms with Gasteiger partial charge in [-0.2, -0.15) is 20.5 Å². The Bertz CT molecular complexity index is 482. The summed E-state index contributed by atoms with van der Waals surface area (Å²) in [7, 11) is 0. The largest absolute Gasteiger partial charge is 0.480 e. The predicted molar refractivity (Wildman–Crippen MR) is 75.0 cm³/mol. The number of rotatable bonds is 8. The van der Waals surface area contributed by atoms with E-state index < -0.39 is 24.5 Å². The van der Waals surface area contributed by atoms with E-state index in [9.17, 15) is 18.4 Å². The first-order chi connectivity index (χ1) is 9.93. The van der Waals surface area contributed by atoms with Gasteiger partial charge < -0.3 is 15.2 Å². The minimum absolute atomic E-state index is 0.0706. The van der Waals surface area contributed by atoms with E-state index in [1.54, 1.807) is 0 Å². The average molecular weight is 319 g/mol. The Kier molecular flexibility index (Phi) is 6.93. The summed E-state index contributed by atoms with van der Waals surface area (Å²) in [4.78, 5) is 22.9. The Balaban J connectivity index is 2.67. The molecule has 1 atom stereocenters. The van der Waals surface area contributed by atoms with Gasteiger partial charge in [-0.25, -0.2) is 4.79 Å². The predicted octanol–water partition coefficient (Wildman–Crippen LogP) is 2.22. The summed E-state index contributed by atoms with van der Waals surface area (Å²) in [6.07, 6.45) is 2.14. The van der Waals surface area contributed by atoms with Gasteiger partial charge in [0.2, 0.25) is 0 Å². The highest BCUT2D eigenvalue weighted by atomic mass is 32.2. The SMILES string of the molecule is CSCC[C@@H](NC(=O)c1ccc(OC(F)F)cc1)C(=O)O. The van der Waals surface area contributed by atoms with Crippen molar-refractivity contribution < 1.29 is 28.2 Å². The molecule has 2 N–H and O–H groups in total. The Morgan fingerprint density at radius 3 is 2.43 bits per heavy atom. The van der Waals surface area contributed by atoms with E-state index in [1.807, 2.05) is 6.26 Å². The van der Waals surface area contributed by atoms with E-state index in [4.69, 9.17) is 5.11 Å². The zero-order valence-corrected chi connectivity index (χ0v) is 12.0. The zero-order chi connectivity index (χ0) is 15.8. The van der Waals surface area contributed by atoms with E-state index in [0.29, 0.717) is 12.2 Å². The van der Waals surface area contributed by atoms with Gasteiger partial charge in [0.05, 0.1) is 0 Å². The summed E-state index contributed by atoms with van der Waals surface area (Å²) >= 11 is 1.48. The first-order valence-electron chi connectivity index (χ1n) is 6.01. The molecule has 0 fully saturated rings. The van der Waals surface area contributed by atoms with Crippen LogP contribution in [0.4, 0.5) is 8.78 Å². The fourth-order valence-corrected chi connectivity index (χ4v) is 1.99. The second-order valence-electron chi connectivity index (χ2n) is 4.05. The molecule has 1 aromatic carbocycles. The van der Waals surface area contributed by atoms with Crippen LogP contribution in [0.1, 0.15) is 16.8 Å². The van der Waals surface area contributed by atoms with Crippen LogP contribution >= 0.6 is 11.8 Å². The lowest BCUT2D eigenvalue weighted by molar-refractivity contribution is -0.139. The minimum Gasteiger partial charge on any atom is -0.480 e. The molecule has 0 spiro atoms. The second kappa shape index (κ2) is 8.46. The van der Waals surface area contributed by atoms with Gasteiger partial charge in [-0.05, 0) is 42.7 Å². The van der Waals surface area contributed by atoms with Crippen molar-refractivity contribution in [3.63, 3.8) is 0 Å². The molecular formula is C13H15F2NO4S. The smallest absolute Gasteiger partial charge is 0.387 e. The van der Waals surface area contributed by atoms with Gasteiger partial charge in [-0.15, -0.1) is 0 Å². The highest BCUT2D eigenvalue weighted by molar-refractivity contribution is 7.98. The molecule has 0 bridgehead atoms. The van der Waals surface area contributed by atoms with Crippen LogP contribution in [0.3, 0.4) is 0 Å². The minimum atomic E-state index is -2.94. The van der Waals surface area contributed by atoms with Crippen LogP contribution in [-0.4, -0.2) is 41.6 Å². The number of thioether (sulfide) groups is 1. The van der Waals surface area contributed by atoms with Gasteiger partial charge in [0.15, 0.2) is 0 Å². The van der Waals surface area contributed by atoms with Crippen molar-refractivity contribution in [2.45, 2.75) is 19.1 Å². The number of carboxylic acid groups (broad SMARTS) is 1. The zero-order valence-electron chi connectivity index (χ0n) is 11.2. The van der Waals surface area contributed by atoms with Crippen LogP contribution in [0.25, 0.3) is 0 Å². The van der Waals surface area contributed by atoms with Crippen molar-refractivity contribution >= 4 is 23.6 Å². The monoisotopic (exact) mass is 319 g/mol. The van der Waals surface area contributed by atoms with Gasteiger partial charge >= 0.3 is 12.6 Å². The summed E-state index contributed by atoms with van der Waals surface area (Å²) in [5, 5.41) is 11.4. The Morgan fingerprint density at radius 2 is 1.95 bits per heavy atom. The van der Waals surface area contributed by atoms with E-state index in [0.717, 1.165) is 0 Å². The maximum absolute atomic E-state index is 12.0. The molecular weight excluding hydrogens is 304 g/mol. The van der Waals surface area contributed by atoms with E-state index in [1.165, 1.54) is 36.0 Å². The second-order valence-corrected chi connectivity index (χ2v) is 5.03. The molecule has 1 aromatic rings. The van der Waals surface area contributed by atoms with E-state index in [2.05, 4.69) is 10.1 Å². The number of aliphatic carboxylic acids is 1. The number of amides is 1. The normalized spacial score (nSPS) is 12.0. The number of carboxylic acids is 1. The number of hydrogen-bond donors (Lipinski definition) is 2. The lowest BCUT2D eigenvalue weighted by Crippen LogP contribution is -2.41. The lowest BCUT2D eigenvalue weighted by Gasteiger charge is -2.14. The lowest BCUT2D eigenvalue weighted by atomic mass is 10.1. The van der Waals surface area contributed by atoms with Crippen molar-refractivity contribution in [3.05, 3.63) is 29.8 Å². The maximum Gasteiger partial charge on any atom is 0.387 e. The highest BCUT2D eigenvalue weighted by Gasteiger charge is 2.20. The van der Waals surface area contributed by atoms with E-state index in [-0.39, 0.29) is 11.3 Å². The molecule has 0 aromatic heterocycles. The van der Waals surface area contributed by atoms with Crippen LogP contribution in [0, 0.1) is 0 Å². The van der Waals surface area contributed by atoms with Crippen LogP contribution in [-0.2, 0) is 4.79 Å². The maximum atomic E-state index is 12.0.